The first-order valence-corrected chi connectivity index (χ1v) is 9.24. The molecule has 8 heteroatoms. The summed E-state index contributed by atoms with van der Waals surface area (Å²) in [5.41, 5.74) is 0.331. The largest absolute Gasteiger partial charge is 0.337 e. The van der Waals surface area contributed by atoms with Crippen molar-refractivity contribution in [1.82, 2.24) is 20.4 Å². The fourth-order valence-corrected chi connectivity index (χ4v) is 3.09. The van der Waals surface area contributed by atoms with Gasteiger partial charge in [-0.05, 0) is 44.7 Å². The number of nitrogens with zero attached hydrogens (tertiary/aromatic N) is 3. The molecule has 138 valence electrons. The quantitative estimate of drug-likeness (QED) is 0.818. The summed E-state index contributed by atoms with van der Waals surface area (Å²) >= 11 is 6.11. The molecular formula is C18H20ClFN4O2. The lowest BCUT2D eigenvalue weighted by atomic mass is 10.2. The van der Waals surface area contributed by atoms with E-state index in [0.29, 0.717) is 28.2 Å². The highest BCUT2D eigenvalue weighted by Gasteiger charge is 2.35. The molecule has 2 saturated carbocycles. The Hall–Kier alpha value is -2.15. The minimum atomic E-state index is -0.417. The Bertz CT molecular complexity index is 799. The van der Waals surface area contributed by atoms with E-state index < -0.39 is 11.9 Å². The summed E-state index contributed by atoms with van der Waals surface area (Å²) in [5.74, 6) is 1.08. The molecule has 0 radical (unpaired) electrons. The Kier molecular flexibility index (Phi) is 4.56. The van der Waals surface area contributed by atoms with Gasteiger partial charge >= 0.3 is 6.03 Å². The lowest BCUT2D eigenvalue weighted by molar-refractivity contribution is 0.185. The van der Waals surface area contributed by atoms with Crippen LogP contribution in [0.15, 0.2) is 22.7 Å². The van der Waals surface area contributed by atoms with Gasteiger partial charge in [-0.15, -0.1) is 0 Å². The number of nitrogens with one attached hydrogen (secondary N) is 1. The molecule has 2 aliphatic carbocycles. The molecular weight excluding hydrogens is 359 g/mol. The average molecular weight is 379 g/mol. The van der Waals surface area contributed by atoms with Gasteiger partial charge in [-0.2, -0.15) is 4.98 Å². The van der Waals surface area contributed by atoms with Crippen LogP contribution >= 0.6 is 11.6 Å². The summed E-state index contributed by atoms with van der Waals surface area (Å²) in [5, 5.41) is 7.17. The molecule has 1 aromatic heterocycles. The second-order valence-corrected chi connectivity index (χ2v) is 7.40. The van der Waals surface area contributed by atoms with E-state index in [2.05, 4.69) is 15.5 Å². The molecule has 1 N–H and O–H groups in total. The Morgan fingerprint density at radius 1 is 1.42 bits per heavy atom. The van der Waals surface area contributed by atoms with Crippen molar-refractivity contribution in [3.8, 4) is 0 Å². The van der Waals surface area contributed by atoms with Crippen molar-refractivity contribution in [2.24, 2.45) is 0 Å². The maximum absolute atomic E-state index is 14.1. The highest BCUT2D eigenvalue weighted by Crippen LogP contribution is 2.38. The Morgan fingerprint density at radius 3 is 2.85 bits per heavy atom. The van der Waals surface area contributed by atoms with Gasteiger partial charge in [0.05, 0.1) is 6.54 Å². The number of halogens is 2. The minimum Gasteiger partial charge on any atom is -0.337 e. The van der Waals surface area contributed by atoms with Crippen molar-refractivity contribution in [3.05, 3.63) is 46.3 Å². The number of aromatic nitrogens is 2. The van der Waals surface area contributed by atoms with E-state index in [1.54, 1.807) is 24.0 Å². The summed E-state index contributed by atoms with van der Waals surface area (Å²) in [6.07, 6.45) is 3.97. The van der Waals surface area contributed by atoms with Gasteiger partial charge < -0.3 is 14.7 Å². The second-order valence-electron chi connectivity index (χ2n) is 7.00. The summed E-state index contributed by atoms with van der Waals surface area (Å²) in [6.45, 7) is 1.93. The molecule has 0 unspecified atom stereocenters. The van der Waals surface area contributed by atoms with Crippen LogP contribution in [0.4, 0.5) is 9.18 Å². The molecule has 1 atom stereocenters. The van der Waals surface area contributed by atoms with Gasteiger partial charge in [0.15, 0.2) is 5.82 Å². The third-order valence-electron chi connectivity index (χ3n) is 4.75. The van der Waals surface area contributed by atoms with Crippen LogP contribution in [0.3, 0.4) is 0 Å². The summed E-state index contributed by atoms with van der Waals surface area (Å²) < 4.78 is 19.4. The molecule has 1 heterocycles. The molecule has 0 saturated heterocycles. The van der Waals surface area contributed by atoms with E-state index >= 15 is 0 Å². The molecule has 0 bridgehead atoms. The third-order valence-corrected chi connectivity index (χ3v) is 5.10. The summed E-state index contributed by atoms with van der Waals surface area (Å²) in [7, 11) is 0. The van der Waals surface area contributed by atoms with Crippen molar-refractivity contribution >= 4 is 17.6 Å². The van der Waals surface area contributed by atoms with Crippen LogP contribution in [0.5, 0.6) is 0 Å². The van der Waals surface area contributed by atoms with Gasteiger partial charge in [-0.1, -0.05) is 22.8 Å². The number of urea groups is 1. The van der Waals surface area contributed by atoms with Crippen LogP contribution in [-0.2, 0) is 6.54 Å². The molecule has 0 aliphatic heterocycles. The summed E-state index contributed by atoms with van der Waals surface area (Å²) in [4.78, 5) is 18.7. The number of hydrogen-bond acceptors (Lipinski definition) is 4. The van der Waals surface area contributed by atoms with Crippen molar-refractivity contribution in [2.75, 3.05) is 0 Å². The molecule has 26 heavy (non-hydrogen) atoms. The van der Waals surface area contributed by atoms with Gasteiger partial charge in [0.2, 0.25) is 5.89 Å². The zero-order valence-corrected chi connectivity index (χ0v) is 15.2. The van der Waals surface area contributed by atoms with E-state index in [1.165, 1.54) is 6.07 Å². The maximum Gasteiger partial charge on any atom is 0.318 e. The van der Waals surface area contributed by atoms with E-state index in [1.807, 2.05) is 0 Å². The maximum atomic E-state index is 14.1. The van der Waals surface area contributed by atoms with Crippen LogP contribution in [0.2, 0.25) is 5.02 Å². The first-order chi connectivity index (χ1) is 12.5. The van der Waals surface area contributed by atoms with Crippen LogP contribution in [-0.4, -0.2) is 27.1 Å². The summed E-state index contributed by atoms with van der Waals surface area (Å²) in [6, 6.07) is 3.93. The average Bonchev–Trinajstić information content (AvgIpc) is 3.54. The lowest BCUT2D eigenvalue weighted by Gasteiger charge is -2.25. The molecule has 6 nitrogen and oxygen atoms in total. The van der Waals surface area contributed by atoms with E-state index in [-0.39, 0.29) is 18.6 Å². The lowest BCUT2D eigenvalue weighted by Crippen LogP contribution is -2.42. The van der Waals surface area contributed by atoms with Gasteiger partial charge in [-0.3, -0.25) is 0 Å². The number of carbonyl (C=O) groups excluding carboxylic acids is 1. The second kappa shape index (κ2) is 6.87. The monoisotopic (exact) mass is 378 g/mol. The van der Waals surface area contributed by atoms with E-state index in [9.17, 15) is 9.18 Å². The van der Waals surface area contributed by atoms with Crippen molar-refractivity contribution in [2.45, 2.75) is 57.2 Å². The van der Waals surface area contributed by atoms with Gasteiger partial charge in [0.1, 0.15) is 11.9 Å². The topological polar surface area (TPSA) is 71.3 Å². The first kappa shape index (κ1) is 17.3. The predicted molar refractivity (Wildman–Crippen MR) is 93.2 cm³/mol. The standard InChI is InChI=1S/C18H20ClFN4O2/c1-10(17-22-16(23-26-17)11-5-6-11)21-18(25)24(12-7-8-12)9-13-14(19)3-2-4-15(13)20/h2-4,10-12H,5-9H2,1H3,(H,21,25)/t10-/m1/s1. The van der Waals surface area contributed by atoms with Gasteiger partial charge in [-0.25, -0.2) is 9.18 Å². The first-order valence-electron chi connectivity index (χ1n) is 8.86. The Morgan fingerprint density at radius 2 is 2.19 bits per heavy atom. The fourth-order valence-electron chi connectivity index (χ4n) is 2.87. The van der Waals surface area contributed by atoms with E-state index in [4.69, 9.17) is 16.1 Å². The van der Waals surface area contributed by atoms with Crippen molar-refractivity contribution in [1.29, 1.82) is 0 Å². The number of benzene rings is 1. The van der Waals surface area contributed by atoms with Crippen LogP contribution in [0.25, 0.3) is 0 Å². The molecule has 2 fully saturated rings. The van der Waals surface area contributed by atoms with Gasteiger partial charge in [0.25, 0.3) is 0 Å². The zero-order chi connectivity index (χ0) is 18.3. The zero-order valence-electron chi connectivity index (χ0n) is 14.4. The van der Waals surface area contributed by atoms with Crippen LogP contribution in [0.1, 0.15) is 61.8 Å². The Labute approximate surface area is 155 Å². The minimum absolute atomic E-state index is 0.0996. The molecule has 4 rings (SSSR count). The Balaban J connectivity index is 1.45. The van der Waals surface area contributed by atoms with Crippen LogP contribution in [0, 0.1) is 5.82 Å². The smallest absolute Gasteiger partial charge is 0.318 e. The molecule has 0 spiro atoms. The number of rotatable bonds is 6. The SMILES string of the molecule is C[C@@H](NC(=O)N(Cc1c(F)cccc1Cl)C1CC1)c1nc(C2CC2)no1. The number of hydrogen-bond donors (Lipinski definition) is 1. The molecule has 1 aromatic carbocycles. The third kappa shape index (κ3) is 3.67. The van der Waals surface area contributed by atoms with Gasteiger partial charge in [0, 0.05) is 22.5 Å². The van der Waals surface area contributed by atoms with Crippen molar-refractivity contribution < 1.29 is 13.7 Å². The normalized spacial score (nSPS) is 17.8. The van der Waals surface area contributed by atoms with Crippen LogP contribution < -0.4 is 5.32 Å². The molecule has 2 aliphatic rings. The molecule has 2 amide bonds. The van der Waals surface area contributed by atoms with E-state index in [0.717, 1.165) is 25.7 Å². The number of carbonyl (C=O) groups is 1. The number of amides is 2. The predicted octanol–water partition coefficient (Wildman–Crippen LogP) is 4.17. The highest BCUT2D eigenvalue weighted by atomic mass is 35.5. The molecule has 2 aromatic rings. The van der Waals surface area contributed by atoms with Crippen molar-refractivity contribution in [3.63, 3.8) is 0 Å². The highest BCUT2D eigenvalue weighted by molar-refractivity contribution is 6.31. The fraction of sp³-hybridized carbons (Fsp3) is 0.500.